The number of benzene rings is 1. The molecule has 2 N–H and O–H groups in total. The van der Waals surface area contributed by atoms with E-state index >= 15 is 0 Å². The van der Waals surface area contributed by atoms with E-state index in [0.717, 1.165) is 5.56 Å². The van der Waals surface area contributed by atoms with Gasteiger partial charge < -0.3 is 5.43 Å². The highest BCUT2D eigenvalue weighted by Crippen LogP contribution is 2.13. The van der Waals surface area contributed by atoms with Crippen molar-refractivity contribution in [3.63, 3.8) is 0 Å². The van der Waals surface area contributed by atoms with Crippen molar-refractivity contribution in [1.29, 1.82) is 0 Å². The number of nitro groups is 1. The predicted octanol–water partition coefficient (Wildman–Crippen LogP) is 1.90. The molecule has 0 amide bonds. The molecule has 0 bridgehead atoms. The van der Waals surface area contributed by atoms with Crippen molar-refractivity contribution < 1.29 is 4.92 Å². The molecule has 0 spiro atoms. The molecule has 18 heavy (non-hydrogen) atoms. The van der Waals surface area contributed by atoms with Crippen LogP contribution in [0.25, 0.3) is 0 Å². The molecule has 0 aliphatic heterocycles. The van der Waals surface area contributed by atoms with Crippen molar-refractivity contribution in [2.45, 2.75) is 13.5 Å². The van der Waals surface area contributed by atoms with E-state index in [0.29, 0.717) is 17.1 Å². The Bertz CT molecular complexity index is 633. The third kappa shape index (κ3) is 2.54. The first-order valence-electron chi connectivity index (χ1n) is 5.19. The smallest absolute Gasteiger partial charge is 0.269 e. The Morgan fingerprint density at radius 1 is 1.61 bits per heavy atom. The zero-order chi connectivity index (χ0) is 13.1. The van der Waals surface area contributed by atoms with Crippen LogP contribution in [0.15, 0.2) is 24.3 Å². The van der Waals surface area contributed by atoms with Gasteiger partial charge in [-0.2, -0.15) is 5.10 Å². The average molecular weight is 265 g/mol. The van der Waals surface area contributed by atoms with Crippen molar-refractivity contribution in [2.75, 3.05) is 5.43 Å². The molecule has 0 aliphatic rings. The number of aromatic amines is 1. The number of nitro benzene ring substituents is 1. The Hall–Kier alpha value is -2.22. The monoisotopic (exact) mass is 265 g/mol. The SMILES string of the molecule is Cc1n[nH]c(=S)n1NCc1cccc([N+](=O)[O-])c1. The predicted molar refractivity (Wildman–Crippen MR) is 68.3 cm³/mol. The molecular formula is C10H11N5O2S. The van der Waals surface area contributed by atoms with Crippen LogP contribution in [-0.2, 0) is 6.54 Å². The Balaban J connectivity index is 2.13. The van der Waals surface area contributed by atoms with E-state index in [1.807, 2.05) is 0 Å². The normalized spacial score (nSPS) is 10.3. The van der Waals surface area contributed by atoms with Crippen LogP contribution in [0, 0.1) is 21.8 Å². The molecule has 2 aromatic rings. The molecule has 0 saturated carbocycles. The quantitative estimate of drug-likeness (QED) is 0.500. The zero-order valence-electron chi connectivity index (χ0n) is 9.58. The van der Waals surface area contributed by atoms with Crippen LogP contribution in [0.5, 0.6) is 0 Å². The summed E-state index contributed by atoms with van der Waals surface area (Å²) < 4.78 is 2.08. The Morgan fingerprint density at radius 3 is 3.00 bits per heavy atom. The molecule has 2 rings (SSSR count). The van der Waals surface area contributed by atoms with E-state index in [4.69, 9.17) is 12.2 Å². The fourth-order valence-electron chi connectivity index (χ4n) is 1.51. The highest BCUT2D eigenvalue weighted by atomic mass is 32.1. The van der Waals surface area contributed by atoms with Crippen molar-refractivity contribution in [3.8, 4) is 0 Å². The molecule has 94 valence electrons. The number of hydrogen-bond donors (Lipinski definition) is 2. The van der Waals surface area contributed by atoms with Gasteiger partial charge in [0.25, 0.3) is 5.69 Å². The van der Waals surface area contributed by atoms with Gasteiger partial charge >= 0.3 is 0 Å². The van der Waals surface area contributed by atoms with Crippen molar-refractivity contribution >= 4 is 17.9 Å². The summed E-state index contributed by atoms with van der Waals surface area (Å²) in [5.41, 5.74) is 3.91. The first kappa shape index (κ1) is 12.2. The highest BCUT2D eigenvalue weighted by molar-refractivity contribution is 7.71. The third-order valence-corrected chi connectivity index (χ3v) is 2.68. The molecule has 8 heteroatoms. The molecule has 0 fully saturated rings. The Kier molecular flexibility index (Phi) is 3.38. The standard InChI is InChI=1S/C10H11N5O2S/c1-7-12-13-10(18)14(7)11-6-8-3-2-4-9(5-8)15(16)17/h2-5,11H,6H2,1H3,(H,13,18). The van der Waals surface area contributed by atoms with Gasteiger partial charge in [0.1, 0.15) is 5.82 Å². The van der Waals surface area contributed by atoms with E-state index in [1.165, 1.54) is 12.1 Å². The summed E-state index contributed by atoms with van der Waals surface area (Å²) in [7, 11) is 0. The number of nitrogens with one attached hydrogen (secondary N) is 2. The van der Waals surface area contributed by atoms with Gasteiger partial charge in [-0.3, -0.25) is 15.2 Å². The number of nitrogens with zero attached hydrogens (tertiary/aromatic N) is 3. The van der Waals surface area contributed by atoms with E-state index in [9.17, 15) is 10.1 Å². The maximum atomic E-state index is 10.6. The van der Waals surface area contributed by atoms with Crippen LogP contribution in [0.3, 0.4) is 0 Å². The number of rotatable bonds is 4. The lowest BCUT2D eigenvalue weighted by Crippen LogP contribution is -2.16. The summed E-state index contributed by atoms with van der Waals surface area (Å²) >= 11 is 5.03. The topological polar surface area (TPSA) is 88.8 Å². The first-order valence-corrected chi connectivity index (χ1v) is 5.60. The third-order valence-electron chi connectivity index (χ3n) is 2.40. The fourth-order valence-corrected chi connectivity index (χ4v) is 1.75. The zero-order valence-corrected chi connectivity index (χ0v) is 10.4. The summed E-state index contributed by atoms with van der Waals surface area (Å²) in [5, 5.41) is 17.2. The van der Waals surface area contributed by atoms with Crippen molar-refractivity contribution in [3.05, 3.63) is 50.5 Å². The van der Waals surface area contributed by atoms with Crippen LogP contribution in [0.2, 0.25) is 0 Å². The second-order valence-electron chi connectivity index (χ2n) is 3.67. The van der Waals surface area contributed by atoms with E-state index in [-0.39, 0.29) is 5.69 Å². The Labute approximate surface area is 108 Å². The molecule has 0 saturated heterocycles. The molecular weight excluding hydrogens is 254 g/mol. The van der Waals surface area contributed by atoms with Gasteiger partial charge in [-0.1, -0.05) is 12.1 Å². The number of aryl methyl sites for hydroxylation is 1. The molecule has 0 unspecified atom stereocenters. The molecule has 1 aromatic carbocycles. The lowest BCUT2D eigenvalue weighted by Gasteiger charge is -2.07. The van der Waals surface area contributed by atoms with Gasteiger partial charge in [0.05, 0.1) is 11.5 Å². The summed E-state index contributed by atoms with van der Waals surface area (Å²) in [6.07, 6.45) is 0. The molecule has 0 aliphatic carbocycles. The first-order chi connectivity index (χ1) is 8.58. The van der Waals surface area contributed by atoms with Gasteiger partial charge in [0.2, 0.25) is 4.77 Å². The van der Waals surface area contributed by atoms with Crippen molar-refractivity contribution in [1.82, 2.24) is 14.9 Å². The van der Waals surface area contributed by atoms with Crippen LogP contribution in [0.1, 0.15) is 11.4 Å². The largest absolute Gasteiger partial charge is 0.318 e. The van der Waals surface area contributed by atoms with E-state index in [2.05, 4.69) is 15.6 Å². The minimum Gasteiger partial charge on any atom is -0.318 e. The van der Waals surface area contributed by atoms with Crippen LogP contribution >= 0.6 is 12.2 Å². The van der Waals surface area contributed by atoms with E-state index in [1.54, 1.807) is 23.7 Å². The molecule has 1 heterocycles. The van der Waals surface area contributed by atoms with Gasteiger partial charge in [-0.25, -0.2) is 4.68 Å². The highest BCUT2D eigenvalue weighted by Gasteiger charge is 2.06. The summed E-state index contributed by atoms with van der Waals surface area (Å²) in [5.74, 6) is 0.699. The lowest BCUT2D eigenvalue weighted by atomic mass is 10.2. The summed E-state index contributed by atoms with van der Waals surface area (Å²) in [4.78, 5) is 10.2. The van der Waals surface area contributed by atoms with Crippen LogP contribution in [0.4, 0.5) is 5.69 Å². The Morgan fingerprint density at radius 2 is 2.39 bits per heavy atom. The molecule has 0 atom stereocenters. The summed E-state index contributed by atoms with van der Waals surface area (Å²) in [6, 6.07) is 6.43. The maximum Gasteiger partial charge on any atom is 0.269 e. The van der Waals surface area contributed by atoms with Gasteiger partial charge in [0.15, 0.2) is 0 Å². The van der Waals surface area contributed by atoms with Gasteiger partial charge in [-0.15, -0.1) is 0 Å². The number of non-ortho nitro benzene ring substituents is 1. The lowest BCUT2D eigenvalue weighted by molar-refractivity contribution is -0.384. The molecule has 1 aromatic heterocycles. The molecule has 7 nitrogen and oxygen atoms in total. The van der Waals surface area contributed by atoms with Gasteiger partial charge in [0, 0.05) is 12.1 Å². The second-order valence-corrected chi connectivity index (χ2v) is 4.06. The maximum absolute atomic E-state index is 10.6. The number of H-pyrrole nitrogens is 1. The number of hydrogen-bond acceptors (Lipinski definition) is 5. The van der Waals surface area contributed by atoms with Crippen molar-refractivity contribution in [2.24, 2.45) is 0 Å². The number of aromatic nitrogens is 3. The fraction of sp³-hybridized carbons (Fsp3) is 0.200. The van der Waals surface area contributed by atoms with Crippen LogP contribution < -0.4 is 5.43 Å². The molecule has 0 radical (unpaired) electrons. The second kappa shape index (κ2) is 4.96. The average Bonchev–Trinajstić information content (AvgIpc) is 2.67. The summed E-state index contributed by atoms with van der Waals surface area (Å²) in [6.45, 7) is 2.23. The van der Waals surface area contributed by atoms with Gasteiger partial charge in [-0.05, 0) is 24.7 Å². The van der Waals surface area contributed by atoms with Crippen LogP contribution in [-0.4, -0.2) is 19.8 Å². The minimum absolute atomic E-state index is 0.0711. The van der Waals surface area contributed by atoms with E-state index < -0.39 is 4.92 Å². The minimum atomic E-state index is -0.418.